The van der Waals surface area contributed by atoms with Gasteiger partial charge in [0.25, 0.3) is 5.91 Å². The molecule has 0 aliphatic carbocycles. The van der Waals surface area contributed by atoms with Crippen LogP contribution in [-0.4, -0.2) is 50.2 Å². The second-order valence-electron chi connectivity index (χ2n) is 5.86. The van der Waals surface area contributed by atoms with Gasteiger partial charge in [-0.25, -0.2) is 0 Å². The van der Waals surface area contributed by atoms with Gasteiger partial charge in [0, 0.05) is 31.9 Å². The van der Waals surface area contributed by atoms with Gasteiger partial charge in [0.15, 0.2) is 0 Å². The van der Waals surface area contributed by atoms with Crippen LogP contribution in [0.4, 0.5) is 5.69 Å². The zero-order chi connectivity index (χ0) is 16.1. The van der Waals surface area contributed by atoms with Crippen LogP contribution in [0.2, 0.25) is 0 Å². The molecular formula is C18H21N3O2. The molecule has 23 heavy (non-hydrogen) atoms. The molecule has 120 valence electrons. The Hall–Kier alpha value is -2.32. The fourth-order valence-corrected chi connectivity index (χ4v) is 3.00. The zero-order valence-corrected chi connectivity index (χ0v) is 13.2. The van der Waals surface area contributed by atoms with Gasteiger partial charge in [-0.1, -0.05) is 12.1 Å². The Labute approximate surface area is 136 Å². The summed E-state index contributed by atoms with van der Waals surface area (Å²) in [5, 5.41) is 9.31. The highest BCUT2D eigenvalue weighted by atomic mass is 16.5. The molecule has 1 aromatic rings. The van der Waals surface area contributed by atoms with Crippen LogP contribution in [0.1, 0.15) is 18.4 Å². The van der Waals surface area contributed by atoms with Crippen LogP contribution in [0.15, 0.2) is 29.8 Å². The first kappa shape index (κ1) is 15.6. The highest BCUT2D eigenvalue weighted by molar-refractivity contribution is 6.01. The first-order chi connectivity index (χ1) is 11.3. The van der Waals surface area contributed by atoms with Crippen LogP contribution in [0.5, 0.6) is 0 Å². The van der Waals surface area contributed by atoms with Gasteiger partial charge in [0.2, 0.25) is 0 Å². The van der Waals surface area contributed by atoms with E-state index in [-0.39, 0.29) is 11.5 Å². The summed E-state index contributed by atoms with van der Waals surface area (Å²) in [6.07, 6.45) is 4.16. The first-order valence-corrected chi connectivity index (χ1v) is 8.12. The highest BCUT2D eigenvalue weighted by Crippen LogP contribution is 2.21. The van der Waals surface area contributed by atoms with Gasteiger partial charge in [-0.3, -0.25) is 4.79 Å². The summed E-state index contributed by atoms with van der Waals surface area (Å²) in [5.74, 6) is -0.209. The molecule has 0 spiro atoms. The fourth-order valence-electron chi connectivity index (χ4n) is 3.00. The third-order valence-corrected chi connectivity index (χ3v) is 4.32. The summed E-state index contributed by atoms with van der Waals surface area (Å²) < 4.78 is 5.24. The number of anilines is 1. The number of carbonyl (C=O) groups is 1. The van der Waals surface area contributed by atoms with E-state index in [1.54, 1.807) is 11.0 Å². The molecule has 3 rings (SSSR count). The van der Waals surface area contributed by atoms with E-state index in [2.05, 4.69) is 17.0 Å². The molecule has 0 atom stereocenters. The molecule has 5 heteroatoms. The number of amides is 1. The quantitative estimate of drug-likeness (QED) is 0.633. The smallest absolute Gasteiger partial charge is 0.264 e. The van der Waals surface area contributed by atoms with Crippen molar-refractivity contribution in [3.05, 3.63) is 35.4 Å². The van der Waals surface area contributed by atoms with Crippen molar-refractivity contribution in [3.63, 3.8) is 0 Å². The third-order valence-electron chi connectivity index (χ3n) is 4.32. The lowest BCUT2D eigenvalue weighted by atomic mass is 10.1. The van der Waals surface area contributed by atoms with E-state index in [0.717, 1.165) is 18.7 Å². The maximum atomic E-state index is 12.4. The molecule has 2 saturated heterocycles. The first-order valence-electron chi connectivity index (χ1n) is 8.12. The highest BCUT2D eigenvalue weighted by Gasteiger charge is 2.20. The second kappa shape index (κ2) is 7.30. The van der Waals surface area contributed by atoms with E-state index in [1.165, 1.54) is 18.5 Å². The molecule has 0 aromatic heterocycles. The van der Waals surface area contributed by atoms with Crippen molar-refractivity contribution in [2.75, 3.05) is 44.3 Å². The second-order valence-corrected chi connectivity index (χ2v) is 5.86. The Balaban J connectivity index is 1.72. The van der Waals surface area contributed by atoms with E-state index < -0.39 is 0 Å². The Kier molecular flexibility index (Phi) is 4.94. The normalized spacial score (nSPS) is 18.8. The Morgan fingerprint density at radius 1 is 1.09 bits per heavy atom. The molecule has 0 bridgehead atoms. The Morgan fingerprint density at radius 2 is 1.74 bits per heavy atom. The van der Waals surface area contributed by atoms with Crippen LogP contribution in [0.3, 0.4) is 0 Å². The number of nitriles is 1. The van der Waals surface area contributed by atoms with Crippen LogP contribution in [0, 0.1) is 11.3 Å². The largest absolute Gasteiger partial charge is 0.378 e. The summed E-state index contributed by atoms with van der Waals surface area (Å²) in [5.41, 5.74) is 2.27. The van der Waals surface area contributed by atoms with E-state index in [4.69, 9.17) is 4.74 Å². The molecule has 2 heterocycles. The van der Waals surface area contributed by atoms with Gasteiger partial charge in [0.1, 0.15) is 11.6 Å². The predicted octanol–water partition coefficient (Wildman–Crippen LogP) is 2.05. The molecule has 1 amide bonds. The van der Waals surface area contributed by atoms with Crippen LogP contribution in [0.25, 0.3) is 6.08 Å². The Morgan fingerprint density at radius 3 is 2.35 bits per heavy atom. The van der Waals surface area contributed by atoms with Gasteiger partial charge in [-0.05, 0) is 36.6 Å². The van der Waals surface area contributed by atoms with E-state index in [0.29, 0.717) is 26.3 Å². The minimum Gasteiger partial charge on any atom is -0.378 e. The monoisotopic (exact) mass is 311 g/mol. The minimum absolute atomic E-state index is 0.181. The standard InChI is InChI=1S/C18H21N3O2/c19-14-16(18(22)21-9-11-23-12-10-21)13-15-3-5-17(6-4-15)20-7-1-2-8-20/h3-6,13H,1-2,7-12H2/b16-13+. The van der Waals surface area contributed by atoms with Crippen molar-refractivity contribution >= 4 is 17.7 Å². The number of hydrogen-bond acceptors (Lipinski definition) is 4. The molecule has 0 radical (unpaired) electrons. The summed E-state index contributed by atoms with van der Waals surface area (Å²) in [4.78, 5) is 16.4. The van der Waals surface area contributed by atoms with Crippen molar-refractivity contribution in [1.82, 2.24) is 4.90 Å². The minimum atomic E-state index is -0.209. The lowest BCUT2D eigenvalue weighted by Gasteiger charge is -2.26. The van der Waals surface area contributed by atoms with Crippen molar-refractivity contribution in [2.45, 2.75) is 12.8 Å². The molecule has 1 aromatic carbocycles. The van der Waals surface area contributed by atoms with Gasteiger partial charge >= 0.3 is 0 Å². The molecule has 2 fully saturated rings. The van der Waals surface area contributed by atoms with Gasteiger partial charge in [-0.15, -0.1) is 0 Å². The summed E-state index contributed by atoms with van der Waals surface area (Å²) in [6.45, 7) is 4.38. The lowest BCUT2D eigenvalue weighted by molar-refractivity contribution is -0.130. The molecule has 0 saturated carbocycles. The van der Waals surface area contributed by atoms with Crippen LogP contribution in [-0.2, 0) is 9.53 Å². The van der Waals surface area contributed by atoms with Crippen molar-refractivity contribution in [1.29, 1.82) is 5.26 Å². The van der Waals surface area contributed by atoms with E-state index in [1.807, 2.05) is 18.2 Å². The van der Waals surface area contributed by atoms with Gasteiger partial charge in [0.05, 0.1) is 13.2 Å². The number of hydrogen-bond donors (Lipinski definition) is 0. The van der Waals surface area contributed by atoms with Crippen molar-refractivity contribution in [2.24, 2.45) is 0 Å². The fraction of sp³-hybridized carbons (Fsp3) is 0.444. The number of nitrogens with zero attached hydrogens (tertiary/aromatic N) is 3. The van der Waals surface area contributed by atoms with Crippen molar-refractivity contribution < 1.29 is 9.53 Å². The molecule has 5 nitrogen and oxygen atoms in total. The number of carbonyl (C=O) groups excluding carboxylic acids is 1. The van der Waals surface area contributed by atoms with Crippen LogP contribution >= 0.6 is 0 Å². The SMILES string of the molecule is N#C/C(=C\c1ccc(N2CCCC2)cc1)C(=O)N1CCOCC1. The molecule has 0 unspecified atom stereocenters. The molecule has 2 aliphatic heterocycles. The third kappa shape index (κ3) is 3.72. The maximum absolute atomic E-state index is 12.4. The molecular weight excluding hydrogens is 290 g/mol. The van der Waals surface area contributed by atoms with E-state index in [9.17, 15) is 10.1 Å². The van der Waals surface area contributed by atoms with Crippen LogP contribution < -0.4 is 4.90 Å². The number of ether oxygens (including phenoxy) is 1. The van der Waals surface area contributed by atoms with Crippen molar-refractivity contribution in [3.8, 4) is 6.07 Å². The molecule has 2 aliphatic rings. The number of rotatable bonds is 3. The topological polar surface area (TPSA) is 56.6 Å². The summed E-state index contributed by atoms with van der Waals surface area (Å²) in [7, 11) is 0. The number of benzene rings is 1. The number of morpholine rings is 1. The van der Waals surface area contributed by atoms with E-state index >= 15 is 0 Å². The van der Waals surface area contributed by atoms with Gasteiger partial charge < -0.3 is 14.5 Å². The lowest BCUT2D eigenvalue weighted by Crippen LogP contribution is -2.41. The summed E-state index contributed by atoms with van der Waals surface area (Å²) in [6, 6.07) is 10.1. The average Bonchev–Trinajstić information content (AvgIpc) is 3.15. The predicted molar refractivity (Wildman–Crippen MR) is 88.9 cm³/mol. The zero-order valence-electron chi connectivity index (χ0n) is 13.2. The van der Waals surface area contributed by atoms with Gasteiger partial charge in [-0.2, -0.15) is 5.26 Å². The summed E-state index contributed by atoms with van der Waals surface area (Å²) >= 11 is 0. The Bertz CT molecular complexity index is 619. The molecule has 0 N–H and O–H groups in total. The average molecular weight is 311 g/mol. The maximum Gasteiger partial charge on any atom is 0.264 e.